The number of carbonyl (C=O) groups excluding carboxylic acids is 2. The highest BCUT2D eigenvalue weighted by Crippen LogP contribution is 2.34. The van der Waals surface area contributed by atoms with E-state index in [0.29, 0.717) is 33.3 Å². The van der Waals surface area contributed by atoms with Crippen LogP contribution in [0.4, 0.5) is 10.1 Å². The average molecular weight is 467 g/mol. The van der Waals surface area contributed by atoms with Gasteiger partial charge in [0.2, 0.25) is 0 Å². The summed E-state index contributed by atoms with van der Waals surface area (Å²) < 4.78 is 23.9. The number of ether oxygens (including phenoxy) is 2. The van der Waals surface area contributed by atoms with E-state index >= 15 is 0 Å². The van der Waals surface area contributed by atoms with Gasteiger partial charge in [0.05, 0.1) is 26.3 Å². The van der Waals surface area contributed by atoms with E-state index < -0.39 is 17.6 Å². The Morgan fingerprint density at radius 3 is 2.06 bits per heavy atom. The molecule has 1 heterocycles. The van der Waals surface area contributed by atoms with Gasteiger partial charge in [0, 0.05) is 28.9 Å². The number of carbonyl (C=O) groups is 2. The fourth-order valence-corrected chi connectivity index (χ4v) is 3.64. The molecule has 3 aromatic carbocycles. The number of nitrogens with zero attached hydrogens (tertiary/aromatic N) is 1. The summed E-state index contributed by atoms with van der Waals surface area (Å²) in [7, 11) is 3.04. The molecule has 1 aliphatic rings. The molecule has 0 aromatic heterocycles. The maximum atomic E-state index is 13.4. The molecule has 1 N–H and O–H groups in total. The smallest absolute Gasteiger partial charge is 0.278 e. The normalized spacial score (nSPS) is 13.5. The van der Waals surface area contributed by atoms with Gasteiger partial charge in [-0.05, 0) is 35.4 Å². The predicted molar refractivity (Wildman–Crippen MR) is 123 cm³/mol. The molecule has 168 valence electrons. The van der Waals surface area contributed by atoms with Crippen LogP contribution in [0.1, 0.15) is 11.1 Å². The van der Waals surface area contributed by atoms with E-state index in [4.69, 9.17) is 21.1 Å². The van der Waals surface area contributed by atoms with Crippen molar-refractivity contribution in [2.75, 3.05) is 19.5 Å². The van der Waals surface area contributed by atoms with Crippen LogP contribution in [0.25, 0.3) is 5.57 Å². The lowest BCUT2D eigenvalue weighted by Crippen LogP contribution is -2.32. The summed E-state index contributed by atoms with van der Waals surface area (Å²) in [6, 6.07) is 17.4. The van der Waals surface area contributed by atoms with Crippen molar-refractivity contribution in [3.05, 3.63) is 94.4 Å². The Bertz CT molecular complexity index is 1220. The molecule has 0 saturated heterocycles. The third-order valence-electron chi connectivity index (χ3n) is 5.18. The molecule has 0 spiro atoms. The largest absolute Gasteiger partial charge is 0.497 e. The van der Waals surface area contributed by atoms with E-state index in [-0.39, 0.29) is 17.8 Å². The maximum absolute atomic E-state index is 13.4. The highest BCUT2D eigenvalue weighted by Gasteiger charge is 2.39. The number of amides is 2. The molecule has 33 heavy (non-hydrogen) atoms. The molecule has 6 nitrogen and oxygen atoms in total. The number of imide groups is 1. The Labute approximate surface area is 195 Å². The van der Waals surface area contributed by atoms with Gasteiger partial charge in [-0.1, -0.05) is 35.9 Å². The van der Waals surface area contributed by atoms with Crippen molar-refractivity contribution in [3.63, 3.8) is 0 Å². The van der Waals surface area contributed by atoms with Gasteiger partial charge in [-0.15, -0.1) is 0 Å². The molecule has 4 rings (SSSR count). The number of benzene rings is 3. The Kier molecular flexibility index (Phi) is 6.33. The Morgan fingerprint density at radius 1 is 0.879 bits per heavy atom. The maximum Gasteiger partial charge on any atom is 0.278 e. The minimum Gasteiger partial charge on any atom is -0.497 e. The molecular formula is C25H20ClFN2O4. The van der Waals surface area contributed by atoms with Gasteiger partial charge in [0.25, 0.3) is 11.8 Å². The van der Waals surface area contributed by atoms with Gasteiger partial charge in [0.15, 0.2) is 0 Å². The second-order valence-electron chi connectivity index (χ2n) is 7.31. The van der Waals surface area contributed by atoms with Crippen LogP contribution >= 0.6 is 11.6 Å². The van der Waals surface area contributed by atoms with Gasteiger partial charge in [0.1, 0.15) is 23.0 Å². The summed E-state index contributed by atoms with van der Waals surface area (Å²) in [5.41, 5.74) is 1.99. The van der Waals surface area contributed by atoms with Crippen LogP contribution in [0.3, 0.4) is 0 Å². The molecule has 0 saturated carbocycles. The summed E-state index contributed by atoms with van der Waals surface area (Å²) >= 11 is 6.01. The summed E-state index contributed by atoms with van der Waals surface area (Å²) in [6.45, 7) is 0.00164. The highest BCUT2D eigenvalue weighted by atomic mass is 35.5. The third-order valence-corrected chi connectivity index (χ3v) is 5.43. The molecular weight excluding hydrogens is 447 g/mol. The van der Waals surface area contributed by atoms with Crippen LogP contribution in [0.15, 0.2) is 72.4 Å². The number of hydrogen-bond donors (Lipinski definition) is 1. The molecule has 1 aliphatic heterocycles. The van der Waals surface area contributed by atoms with Gasteiger partial charge >= 0.3 is 0 Å². The quantitative estimate of drug-likeness (QED) is 0.502. The first-order chi connectivity index (χ1) is 15.9. The number of rotatable bonds is 7. The van der Waals surface area contributed by atoms with Crippen molar-refractivity contribution in [2.45, 2.75) is 6.54 Å². The minimum atomic E-state index is -0.504. The molecule has 0 bridgehead atoms. The zero-order valence-corrected chi connectivity index (χ0v) is 18.7. The number of methoxy groups -OCH3 is 2. The van der Waals surface area contributed by atoms with E-state index in [2.05, 4.69) is 5.32 Å². The Hall–Kier alpha value is -3.84. The topological polar surface area (TPSA) is 67.9 Å². The van der Waals surface area contributed by atoms with Gasteiger partial charge < -0.3 is 14.8 Å². The van der Waals surface area contributed by atoms with Crippen LogP contribution in [-0.2, 0) is 16.1 Å². The number of anilines is 1. The molecule has 3 aromatic rings. The van der Waals surface area contributed by atoms with Crippen molar-refractivity contribution in [3.8, 4) is 11.5 Å². The fraction of sp³-hybridized carbons (Fsp3) is 0.120. The van der Waals surface area contributed by atoms with Crippen molar-refractivity contribution in [1.82, 2.24) is 4.90 Å². The van der Waals surface area contributed by atoms with Crippen LogP contribution in [0.2, 0.25) is 5.02 Å². The first kappa shape index (κ1) is 22.4. The summed E-state index contributed by atoms with van der Waals surface area (Å²) in [4.78, 5) is 27.9. The van der Waals surface area contributed by atoms with Crippen LogP contribution < -0.4 is 14.8 Å². The highest BCUT2D eigenvalue weighted by molar-refractivity contribution is 6.36. The summed E-state index contributed by atoms with van der Waals surface area (Å²) in [5, 5.41) is 3.58. The lowest BCUT2D eigenvalue weighted by Gasteiger charge is -2.16. The average Bonchev–Trinajstić information content (AvgIpc) is 3.05. The minimum absolute atomic E-state index is 0.00164. The van der Waals surface area contributed by atoms with Gasteiger partial charge in [-0.2, -0.15) is 0 Å². The first-order valence-electron chi connectivity index (χ1n) is 10.0. The standard InChI is InChI=1S/C25H20ClFN2O4/c1-32-20-11-19(12-21(13-20)33-2)28-23-22(16-5-7-17(26)8-6-16)24(30)29(25(23)31)14-15-3-9-18(27)10-4-15/h3-13,28H,14H2,1-2H3. The van der Waals surface area contributed by atoms with Gasteiger partial charge in [-0.3, -0.25) is 14.5 Å². The van der Waals surface area contributed by atoms with Crippen molar-refractivity contribution in [1.29, 1.82) is 0 Å². The van der Waals surface area contributed by atoms with E-state index in [1.54, 1.807) is 42.5 Å². The Morgan fingerprint density at radius 2 is 1.48 bits per heavy atom. The predicted octanol–water partition coefficient (Wildman–Crippen LogP) is 4.89. The van der Waals surface area contributed by atoms with E-state index in [1.165, 1.54) is 38.5 Å². The molecule has 0 atom stereocenters. The molecule has 0 aliphatic carbocycles. The van der Waals surface area contributed by atoms with Crippen molar-refractivity contribution < 1.29 is 23.5 Å². The Balaban J connectivity index is 1.75. The number of nitrogens with one attached hydrogen (secondary N) is 1. The van der Waals surface area contributed by atoms with E-state index in [0.717, 1.165) is 4.90 Å². The van der Waals surface area contributed by atoms with Crippen LogP contribution in [0.5, 0.6) is 11.5 Å². The van der Waals surface area contributed by atoms with Crippen molar-refractivity contribution >= 4 is 34.7 Å². The summed E-state index contributed by atoms with van der Waals surface area (Å²) in [6.07, 6.45) is 0. The van der Waals surface area contributed by atoms with Crippen molar-refractivity contribution in [2.24, 2.45) is 0 Å². The molecule has 8 heteroatoms. The second kappa shape index (κ2) is 9.34. The van der Waals surface area contributed by atoms with Crippen LogP contribution in [-0.4, -0.2) is 30.9 Å². The zero-order chi connectivity index (χ0) is 23.5. The zero-order valence-electron chi connectivity index (χ0n) is 17.9. The monoisotopic (exact) mass is 466 g/mol. The van der Waals surface area contributed by atoms with E-state index in [9.17, 15) is 14.0 Å². The van der Waals surface area contributed by atoms with E-state index in [1.807, 2.05) is 0 Å². The number of hydrogen-bond acceptors (Lipinski definition) is 5. The van der Waals surface area contributed by atoms with Crippen LogP contribution in [0, 0.1) is 5.82 Å². The molecule has 0 radical (unpaired) electrons. The summed E-state index contributed by atoms with van der Waals surface area (Å²) in [5.74, 6) is -0.330. The lowest BCUT2D eigenvalue weighted by molar-refractivity contribution is -0.137. The fourth-order valence-electron chi connectivity index (χ4n) is 3.52. The second-order valence-corrected chi connectivity index (χ2v) is 7.74. The third kappa shape index (κ3) is 4.68. The first-order valence-corrected chi connectivity index (χ1v) is 10.4. The molecule has 2 amide bonds. The molecule has 0 unspecified atom stereocenters. The number of halogens is 2. The lowest BCUT2D eigenvalue weighted by atomic mass is 10.0. The SMILES string of the molecule is COc1cc(NC2=C(c3ccc(Cl)cc3)C(=O)N(Cc3ccc(F)cc3)C2=O)cc(OC)c1. The molecule has 0 fully saturated rings. The van der Waals surface area contributed by atoms with Gasteiger partial charge in [-0.25, -0.2) is 4.39 Å².